The summed E-state index contributed by atoms with van der Waals surface area (Å²) in [6.07, 6.45) is 1.81. The van der Waals surface area contributed by atoms with Crippen molar-refractivity contribution in [2.75, 3.05) is 0 Å². The minimum Gasteiger partial charge on any atom is -0.342 e. The van der Waals surface area contributed by atoms with Crippen LogP contribution in [0.5, 0.6) is 0 Å². The lowest BCUT2D eigenvalue weighted by Gasteiger charge is -1.97. The molecule has 14 heavy (non-hydrogen) atoms. The Morgan fingerprint density at radius 3 is 2.71 bits per heavy atom. The zero-order chi connectivity index (χ0) is 10.1. The third kappa shape index (κ3) is 1.01. The molecule has 0 saturated heterocycles. The molecular formula is C12H12N2. The van der Waals surface area contributed by atoms with Gasteiger partial charge in [-0.05, 0) is 18.9 Å². The first kappa shape index (κ1) is 8.75. The van der Waals surface area contributed by atoms with Gasteiger partial charge in [-0.1, -0.05) is 24.8 Å². The number of nitrogens with zero attached hydrogens (tertiary/aromatic N) is 2. The monoisotopic (exact) mass is 184 g/mol. The van der Waals surface area contributed by atoms with Gasteiger partial charge in [0.15, 0.2) is 0 Å². The van der Waals surface area contributed by atoms with E-state index in [-0.39, 0.29) is 0 Å². The van der Waals surface area contributed by atoms with Crippen molar-refractivity contribution in [1.82, 2.24) is 4.57 Å². The summed E-state index contributed by atoms with van der Waals surface area (Å²) in [5.41, 5.74) is 3.09. The molecule has 70 valence electrons. The fourth-order valence-corrected chi connectivity index (χ4v) is 1.79. The van der Waals surface area contributed by atoms with Gasteiger partial charge in [-0.15, -0.1) is 0 Å². The molecule has 0 unspecified atom stereocenters. The van der Waals surface area contributed by atoms with Crippen molar-refractivity contribution in [1.29, 1.82) is 0 Å². The molecule has 0 fully saturated rings. The molecule has 1 heterocycles. The number of aryl methyl sites for hydroxylation is 1. The van der Waals surface area contributed by atoms with E-state index in [4.69, 9.17) is 0 Å². The Labute approximate surface area is 83.2 Å². The summed E-state index contributed by atoms with van der Waals surface area (Å²) in [5.74, 6) is 0. The van der Waals surface area contributed by atoms with Crippen molar-refractivity contribution in [3.63, 3.8) is 0 Å². The largest absolute Gasteiger partial charge is 0.342 e. The summed E-state index contributed by atoms with van der Waals surface area (Å²) < 4.78 is 2.08. The molecule has 1 aromatic heterocycles. The minimum absolute atomic E-state index is 0.915. The molecule has 2 aromatic rings. The number of aliphatic imine (C=N–C) groups is 1. The van der Waals surface area contributed by atoms with Crippen molar-refractivity contribution in [3.05, 3.63) is 36.5 Å². The smallest absolute Gasteiger partial charge is 0.0952 e. The lowest BCUT2D eigenvalue weighted by molar-refractivity contribution is 0.955. The van der Waals surface area contributed by atoms with Gasteiger partial charge in [-0.25, -0.2) is 0 Å². The second-order valence-corrected chi connectivity index (χ2v) is 3.17. The van der Waals surface area contributed by atoms with Crippen LogP contribution >= 0.6 is 0 Å². The third-order valence-electron chi connectivity index (χ3n) is 2.48. The molecule has 2 nitrogen and oxygen atoms in total. The molecule has 2 rings (SSSR count). The predicted octanol–water partition coefficient (Wildman–Crippen LogP) is 3.15. The van der Waals surface area contributed by atoms with Gasteiger partial charge in [0.2, 0.25) is 0 Å². The Kier molecular flexibility index (Phi) is 1.97. The average Bonchev–Trinajstić information content (AvgIpc) is 2.51. The summed E-state index contributed by atoms with van der Waals surface area (Å²) in [5, 5.41) is 1.12. The zero-order valence-electron chi connectivity index (χ0n) is 8.20. The molecular weight excluding hydrogens is 172 g/mol. The number of aromatic nitrogens is 1. The molecule has 0 N–H and O–H groups in total. The lowest BCUT2D eigenvalue weighted by atomic mass is 10.2. The number of para-hydroxylation sites is 1. The van der Waals surface area contributed by atoms with Gasteiger partial charge in [0.1, 0.15) is 0 Å². The van der Waals surface area contributed by atoms with Gasteiger partial charge in [-0.3, -0.25) is 4.99 Å². The highest BCUT2D eigenvalue weighted by atomic mass is 15.0. The van der Waals surface area contributed by atoms with E-state index >= 15 is 0 Å². The van der Waals surface area contributed by atoms with Gasteiger partial charge in [0.05, 0.1) is 16.9 Å². The van der Waals surface area contributed by atoms with Crippen LogP contribution in [-0.2, 0) is 7.05 Å². The Morgan fingerprint density at radius 1 is 1.36 bits per heavy atom. The fourth-order valence-electron chi connectivity index (χ4n) is 1.79. The Hall–Kier alpha value is -1.83. The standard InChI is InChI=1S/C12H12N2/c1-4-10-12(13-2)9-7-5-6-8-11(9)14(10)3/h4-8H,1-2H2,3H3. The summed E-state index contributed by atoms with van der Waals surface area (Å²) in [4.78, 5) is 4.05. The van der Waals surface area contributed by atoms with Crippen LogP contribution in [0, 0.1) is 0 Å². The molecule has 0 saturated carbocycles. The summed E-state index contributed by atoms with van der Waals surface area (Å²) in [6.45, 7) is 7.38. The van der Waals surface area contributed by atoms with E-state index in [1.165, 1.54) is 0 Å². The van der Waals surface area contributed by atoms with Crippen molar-refractivity contribution in [2.24, 2.45) is 12.0 Å². The van der Waals surface area contributed by atoms with Crippen LogP contribution in [0.25, 0.3) is 17.0 Å². The summed E-state index contributed by atoms with van der Waals surface area (Å²) in [6, 6.07) is 8.13. The molecule has 0 spiro atoms. The second kappa shape index (κ2) is 3.14. The van der Waals surface area contributed by atoms with E-state index in [9.17, 15) is 0 Å². The van der Waals surface area contributed by atoms with Crippen LogP contribution in [0.15, 0.2) is 35.8 Å². The molecule has 2 heteroatoms. The van der Waals surface area contributed by atoms with Crippen molar-refractivity contribution in [2.45, 2.75) is 0 Å². The van der Waals surface area contributed by atoms with E-state index < -0.39 is 0 Å². The molecule has 0 bridgehead atoms. The number of fused-ring (bicyclic) bond motifs is 1. The molecule has 0 aliphatic heterocycles. The van der Waals surface area contributed by atoms with Gasteiger partial charge >= 0.3 is 0 Å². The molecule has 0 radical (unpaired) electrons. The van der Waals surface area contributed by atoms with Crippen LogP contribution in [0.4, 0.5) is 5.69 Å². The van der Waals surface area contributed by atoms with E-state index in [1.807, 2.05) is 31.3 Å². The van der Waals surface area contributed by atoms with Crippen molar-refractivity contribution >= 4 is 29.4 Å². The fraction of sp³-hybridized carbons (Fsp3) is 0.0833. The Balaban J connectivity index is 2.98. The first-order valence-corrected chi connectivity index (χ1v) is 4.46. The van der Waals surface area contributed by atoms with Gasteiger partial charge < -0.3 is 4.57 Å². The first-order chi connectivity index (χ1) is 6.79. The maximum Gasteiger partial charge on any atom is 0.0952 e. The topological polar surface area (TPSA) is 17.3 Å². The van der Waals surface area contributed by atoms with Crippen LogP contribution in [0.2, 0.25) is 0 Å². The maximum atomic E-state index is 4.05. The van der Waals surface area contributed by atoms with Gasteiger partial charge in [0.25, 0.3) is 0 Å². The third-order valence-corrected chi connectivity index (χ3v) is 2.48. The SMILES string of the molecule is C=Cc1c(N=C)c2ccccc2n1C. The quantitative estimate of drug-likeness (QED) is 0.638. The van der Waals surface area contributed by atoms with E-state index in [0.717, 1.165) is 22.3 Å². The van der Waals surface area contributed by atoms with Crippen LogP contribution < -0.4 is 0 Å². The van der Waals surface area contributed by atoms with Crippen LogP contribution in [0.1, 0.15) is 5.69 Å². The number of benzene rings is 1. The average molecular weight is 184 g/mol. The molecule has 0 atom stereocenters. The van der Waals surface area contributed by atoms with Crippen LogP contribution in [0.3, 0.4) is 0 Å². The minimum atomic E-state index is 0.915. The highest BCUT2D eigenvalue weighted by Crippen LogP contribution is 2.32. The first-order valence-electron chi connectivity index (χ1n) is 4.46. The van der Waals surface area contributed by atoms with E-state index in [0.29, 0.717) is 0 Å². The Bertz CT molecular complexity index is 506. The number of hydrogen-bond donors (Lipinski definition) is 0. The predicted molar refractivity (Wildman–Crippen MR) is 62.2 cm³/mol. The molecule has 0 aliphatic carbocycles. The van der Waals surface area contributed by atoms with Gasteiger partial charge in [-0.2, -0.15) is 0 Å². The van der Waals surface area contributed by atoms with Crippen molar-refractivity contribution in [3.8, 4) is 0 Å². The maximum absolute atomic E-state index is 4.05. The highest BCUT2D eigenvalue weighted by molar-refractivity contribution is 5.96. The molecule has 0 aliphatic rings. The summed E-state index contributed by atoms with van der Waals surface area (Å²) in [7, 11) is 2.01. The molecule has 1 aromatic carbocycles. The number of hydrogen-bond acceptors (Lipinski definition) is 1. The number of rotatable bonds is 2. The highest BCUT2D eigenvalue weighted by Gasteiger charge is 2.09. The Morgan fingerprint density at radius 2 is 2.07 bits per heavy atom. The zero-order valence-corrected chi connectivity index (χ0v) is 8.20. The van der Waals surface area contributed by atoms with E-state index in [1.54, 1.807) is 0 Å². The molecule has 0 amide bonds. The second-order valence-electron chi connectivity index (χ2n) is 3.17. The summed E-state index contributed by atoms with van der Waals surface area (Å²) >= 11 is 0. The normalized spacial score (nSPS) is 10.4. The van der Waals surface area contributed by atoms with Crippen LogP contribution in [-0.4, -0.2) is 11.3 Å². The van der Waals surface area contributed by atoms with Gasteiger partial charge in [0, 0.05) is 12.4 Å². The van der Waals surface area contributed by atoms with E-state index in [2.05, 4.69) is 28.9 Å². The lowest BCUT2D eigenvalue weighted by Crippen LogP contribution is -1.88. The van der Waals surface area contributed by atoms with Crippen molar-refractivity contribution < 1.29 is 0 Å².